The van der Waals surface area contributed by atoms with Crippen molar-refractivity contribution in [3.63, 3.8) is 0 Å². The Balaban J connectivity index is 1.98. The van der Waals surface area contributed by atoms with Crippen LogP contribution in [0.25, 0.3) is 0 Å². The second kappa shape index (κ2) is 6.48. The lowest BCUT2D eigenvalue weighted by atomic mass is 9.97. The average molecular weight is 330 g/mol. The van der Waals surface area contributed by atoms with Crippen LogP contribution in [0.3, 0.4) is 0 Å². The minimum Gasteiger partial charge on any atom is -0.396 e. The monoisotopic (exact) mass is 329 g/mol. The Morgan fingerprint density at radius 1 is 1.42 bits per heavy atom. The van der Waals surface area contributed by atoms with Gasteiger partial charge in [-0.05, 0) is 52.7 Å². The molecular formula is C14H17BrFNO2. The van der Waals surface area contributed by atoms with Crippen molar-refractivity contribution >= 4 is 21.8 Å². The maximum Gasteiger partial charge on any atom is 0.255 e. The van der Waals surface area contributed by atoms with Crippen molar-refractivity contribution in [2.75, 3.05) is 13.2 Å². The van der Waals surface area contributed by atoms with E-state index in [4.69, 9.17) is 0 Å². The predicted molar refractivity (Wildman–Crippen MR) is 74.4 cm³/mol. The number of rotatable bonds is 4. The van der Waals surface area contributed by atoms with Gasteiger partial charge in [0.05, 0.1) is 5.56 Å². The van der Waals surface area contributed by atoms with Gasteiger partial charge in [-0.25, -0.2) is 4.39 Å². The number of hydrogen-bond acceptors (Lipinski definition) is 2. The van der Waals surface area contributed by atoms with Gasteiger partial charge >= 0.3 is 0 Å². The maximum atomic E-state index is 13.6. The van der Waals surface area contributed by atoms with Crippen LogP contribution in [0.2, 0.25) is 0 Å². The summed E-state index contributed by atoms with van der Waals surface area (Å²) >= 11 is 3.19. The summed E-state index contributed by atoms with van der Waals surface area (Å²) in [7, 11) is 0. The molecule has 1 aromatic rings. The first-order valence-corrected chi connectivity index (χ1v) is 7.26. The molecule has 1 amide bonds. The number of benzene rings is 1. The van der Waals surface area contributed by atoms with Crippen LogP contribution in [0, 0.1) is 17.7 Å². The molecule has 0 bridgehead atoms. The Labute approximate surface area is 120 Å². The van der Waals surface area contributed by atoms with E-state index in [0.717, 1.165) is 19.3 Å². The van der Waals surface area contributed by atoms with Crippen LogP contribution in [0.4, 0.5) is 4.39 Å². The molecule has 0 spiro atoms. The summed E-state index contributed by atoms with van der Waals surface area (Å²) < 4.78 is 14.1. The normalized spacial score (nSPS) is 22.5. The van der Waals surface area contributed by atoms with E-state index in [0.29, 0.717) is 16.9 Å². The zero-order valence-electron chi connectivity index (χ0n) is 10.5. The second-order valence-electron chi connectivity index (χ2n) is 4.94. The van der Waals surface area contributed by atoms with Crippen molar-refractivity contribution in [3.05, 3.63) is 34.1 Å². The minimum absolute atomic E-state index is 0.0426. The van der Waals surface area contributed by atoms with Crippen molar-refractivity contribution in [2.24, 2.45) is 11.8 Å². The average Bonchev–Trinajstić information content (AvgIpc) is 2.83. The third kappa shape index (κ3) is 3.34. The van der Waals surface area contributed by atoms with E-state index in [-0.39, 0.29) is 18.1 Å². The molecule has 5 heteroatoms. The molecule has 1 aliphatic rings. The standard InChI is InChI=1S/C14H17BrFNO2/c15-11-5-2-6-12(16)13(11)14(19)17-7-9-3-1-4-10(9)8-18/h2,5-6,9-10,18H,1,3-4,7-8H2,(H,17,19). The molecule has 0 heterocycles. The van der Waals surface area contributed by atoms with Crippen molar-refractivity contribution < 1.29 is 14.3 Å². The summed E-state index contributed by atoms with van der Waals surface area (Å²) in [6.07, 6.45) is 3.08. The zero-order chi connectivity index (χ0) is 13.8. The van der Waals surface area contributed by atoms with Crippen LogP contribution >= 0.6 is 15.9 Å². The number of halogens is 2. The molecule has 2 atom stereocenters. The Bertz CT molecular complexity index is 447. The van der Waals surface area contributed by atoms with Gasteiger partial charge in [-0.3, -0.25) is 4.79 Å². The molecule has 2 unspecified atom stereocenters. The molecule has 3 nitrogen and oxygen atoms in total. The van der Waals surface area contributed by atoms with E-state index in [9.17, 15) is 14.3 Å². The van der Waals surface area contributed by atoms with Crippen LogP contribution in [-0.4, -0.2) is 24.2 Å². The fourth-order valence-electron chi connectivity index (χ4n) is 2.65. The summed E-state index contributed by atoms with van der Waals surface area (Å²) in [4.78, 5) is 12.0. The molecule has 2 rings (SSSR count). The number of carbonyl (C=O) groups is 1. The predicted octanol–water partition coefficient (Wildman–Crippen LogP) is 2.73. The number of nitrogens with one attached hydrogen (secondary N) is 1. The Kier molecular flexibility index (Phi) is 4.93. The number of carbonyl (C=O) groups excluding carboxylic acids is 1. The van der Waals surface area contributed by atoms with E-state index in [1.54, 1.807) is 12.1 Å². The Morgan fingerprint density at radius 3 is 2.84 bits per heavy atom. The number of hydrogen-bond donors (Lipinski definition) is 2. The fourth-order valence-corrected chi connectivity index (χ4v) is 3.17. The lowest BCUT2D eigenvalue weighted by Gasteiger charge is -2.18. The van der Waals surface area contributed by atoms with Gasteiger partial charge in [0.2, 0.25) is 0 Å². The molecule has 104 valence electrons. The first-order valence-electron chi connectivity index (χ1n) is 6.46. The van der Waals surface area contributed by atoms with Crippen LogP contribution in [0.15, 0.2) is 22.7 Å². The van der Waals surface area contributed by atoms with Crippen molar-refractivity contribution in [2.45, 2.75) is 19.3 Å². The van der Waals surface area contributed by atoms with Gasteiger partial charge in [-0.15, -0.1) is 0 Å². The Hall–Kier alpha value is -0.940. The van der Waals surface area contributed by atoms with Crippen molar-refractivity contribution in [1.82, 2.24) is 5.32 Å². The highest BCUT2D eigenvalue weighted by Gasteiger charge is 2.27. The molecular weight excluding hydrogens is 313 g/mol. The summed E-state index contributed by atoms with van der Waals surface area (Å²) in [5.41, 5.74) is 0.0426. The highest BCUT2D eigenvalue weighted by molar-refractivity contribution is 9.10. The summed E-state index contributed by atoms with van der Waals surface area (Å²) in [6, 6.07) is 4.46. The first-order chi connectivity index (χ1) is 9.13. The van der Waals surface area contributed by atoms with E-state index in [1.165, 1.54) is 6.07 Å². The van der Waals surface area contributed by atoms with E-state index in [2.05, 4.69) is 21.2 Å². The third-order valence-corrected chi connectivity index (χ3v) is 4.43. The highest BCUT2D eigenvalue weighted by atomic mass is 79.9. The van der Waals surface area contributed by atoms with Crippen LogP contribution in [0.1, 0.15) is 29.6 Å². The summed E-state index contributed by atoms with van der Waals surface area (Å²) in [6.45, 7) is 0.648. The Morgan fingerprint density at radius 2 is 2.16 bits per heavy atom. The minimum atomic E-state index is -0.531. The maximum absolute atomic E-state index is 13.6. The van der Waals surface area contributed by atoms with Crippen molar-refractivity contribution in [1.29, 1.82) is 0 Å². The first kappa shape index (κ1) is 14.5. The zero-order valence-corrected chi connectivity index (χ0v) is 12.1. The fraction of sp³-hybridized carbons (Fsp3) is 0.500. The molecule has 0 aliphatic heterocycles. The van der Waals surface area contributed by atoms with Gasteiger partial charge in [-0.1, -0.05) is 12.5 Å². The van der Waals surface area contributed by atoms with Gasteiger partial charge < -0.3 is 10.4 Å². The number of aliphatic hydroxyl groups excluding tert-OH is 1. The SMILES string of the molecule is O=C(NCC1CCCC1CO)c1c(F)cccc1Br. The molecule has 0 radical (unpaired) electrons. The highest BCUT2D eigenvalue weighted by Crippen LogP contribution is 2.30. The van der Waals surface area contributed by atoms with Gasteiger partial charge in [0.15, 0.2) is 0 Å². The number of aliphatic hydroxyl groups is 1. The quantitative estimate of drug-likeness (QED) is 0.892. The van der Waals surface area contributed by atoms with Crippen molar-refractivity contribution in [3.8, 4) is 0 Å². The lowest BCUT2D eigenvalue weighted by molar-refractivity contribution is 0.0933. The molecule has 2 N–H and O–H groups in total. The molecule has 0 aromatic heterocycles. The van der Waals surface area contributed by atoms with Gasteiger partial charge in [0.25, 0.3) is 5.91 Å². The molecule has 1 aliphatic carbocycles. The molecule has 1 aromatic carbocycles. The van der Waals surface area contributed by atoms with Gasteiger partial charge in [0, 0.05) is 17.6 Å². The van der Waals surface area contributed by atoms with Crippen LogP contribution < -0.4 is 5.32 Å². The lowest BCUT2D eigenvalue weighted by Crippen LogP contribution is -2.32. The summed E-state index contributed by atoms with van der Waals surface area (Å²) in [5, 5.41) is 12.0. The van der Waals surface area contributed by atoms with E-state index >= 15 is 0 Å². The van der Waals surface area contributed by atoms with Crippen LogP contribution in [0.5, 0.6) is 0 Å². The molecule has 1 saturated carbocycles. The van der Waals surface area contributed by atoms with Crippen LogP contribution in [-0.2, 0) is 0 Å². The number of amides is 1. The van der Waals surface area contributed by atoms with E-state index in [1.807, 2.05) is 0 Å². The molecule has 19 heavy (non-hydrogen) atoms. The molecule has 0 saturated heterocycles. The topological polar surface area (TPSA) is 49.3 Å². The van der Waals surface area contributed by atoms with Gasteiger partial charge in [-0.2, -0.15) is 0 Å². The van der Waals surface area contributed by atoms with Gasteiger partial charge in [0.1, 0.15) is 5.82 Å². The largest absolute Gasteiger partial charge is 0.396 e. The van der Waals surface area contributed by atoms with E-state index < -0.39 is 11.7 Å². The summed E-state index contributed by atoms with van der Waals surface area (Å²) in [5.74, 6) is -0.394. The molecule has 1 fully saturated rings. The second-order valence-corrected chi connectivity index (χ2v) is 5.79. The smallest absolute Gasteiger partial charge is 0.255 e. The third-order valence-electron chi connectivity index (χ3n) is 3.77.